The predicted molar refractivity (Wildman–Crippen MR) is 122 cm³/mol. The molecule has 1 aliphatic heterocycles. The molecule has 1 aromatic carbocycles. The average Bonchev–Trinajstić information content (AvgIpc) is 3.15. The van der Waals surface area contributed by atoms with Gasteiger partial charge in [0, 0.05) is 30.2 Å². The summed E-state index contributed by atoms with van der Waals surface area (Å²) in [5, 5.41) is 0.982. The van der Waals surface area contributed by atoms with Gasteiger partial charge in [-0.15, -0.1) is 0 Å². The van der Waals surface area contributed by atoms with E-state index in [1.807, 2.05) is 4.72 Å². The molecule has 0 unspecified atom stereocenters. The number of fused-ring (bicyclic) bond motifs is 1. The van der Waals surface area contributed by atoms with Crippen LogP contribution in [0.4, 0.5) is 9.18 Å². The van der Waals surface area contributed by atoms with Crippen LogP contribution in [0.2, 0.25) is 5.02 Å². The molecule has 0 atom stereocenters. The molecule has 0 bridgehead atoms. The molecule has 0 fully saturated rings. The summed E-state index contributed by atoms with van der Waals surface area (Å²) in [4.78, 5) is 18.8. The van der Waals surface area contributed by atoms with Crippen LogP contribution in [0, 0.1) is 5.82 Å². The number of nitrogens with one attached hydrogen (secondary N) is 2. The molecule has 2 aromatic heterocycles. The van der Waals surface area contributed by atoms with Crippen LogP contribution >= 0.6 is 11.6 Å². The lowest BCUT2D eigenvalue weighted by Gasteiger charge is -2.25. The maximum Gasteiger partial charge on any atom is 0.421 e. The summed E-state index contributed by atoms with van der Waals surface area (Å²) in [5.74, 6) is 0.0676. The van der Waals surface area contributed by atoms with Crippen molar-refractivity contribution < 1.29 is 27.1 Å². The minimum absolute atomic E-state index is 0.0331. The van der Waals surface area contributed by atoms with E-state index in [1.54, 1.807) is 24.4 Å². The molecule has 0 aliphatic carbocycles. The zero-order chi connectivity index (χ0) is 23.8. The Balaban J connectivity index is 1.71. The number of nitrogens with zero attached hydrogens (tertiary/aromatic N) is 2. The molecule has 4 rings (SSSR count). The Hall–Kier alpha value is -3.15. The second kappa shape index (κ2) is 9.00. The maximum absolute atomic E-state index is 14.0. The van der Waals surface area contributed by atoms with Gasteiger partial charge < -0.3 is 14.5 Å². The molecule has 12 heteroatoms. The fraction of sp³-hybridized carbons (Fsp3) is 0.238. The Morgan fingerprint density at radius 2 is 2.06 bits per heavy atom. The van der Waals surface area contributed by atoms with Crippen LogP contribution < -0.4 is 9.46 Å². The van der Waals surface area contributed by atoms with Crippen molar-refractivity contribution in [1.82, 2.24) is 19.0 Å². The number of carbonyl (C=O) groups excluding carboxylic acids is 1. The third-order valence-electron chi connectivity index (χ3n) is 5.32. The van der Waals surface area contributed by atoms with Gasteiger partial charge in [-0.25, -0.2) is 18.9 Å². The van der Waals surface area contributed by atoms with Gasteiger partial charge in [0.05, 0.1) is 24.9 Å². The van der Waals surface area contributed by atoms with Crippen LogP contribution in [0.3, 0.4) is 0 Å². The van der Waals surface area contributed by atoms with Crippen LogP contribution in [0.25, 0.3) is 27.7 Å². The van der Waals surface area contributed by atoms with E-state index in [-0.39, 0.29) is 13.1 Å². The number of benzene rings is 1. The molecule has 9 nitrogen and oxygen atoms in total. The van der Waals surface area contributed by atoms with E-state index in [2.05, 4.69) is 14.7 Å². The van der Waals surface area contributed by atoms with Gasteiger partial charge in [-0.2, -0.15) is 12.7 Å². The highest BCUT2D eigenvalue weighted by atomic mass is 35.5. The van der Waals surface area contributed by atoms with Gasteiger partial charge in [0.25, 0.3) is 0 Å². The first-order chi connectivity index (χ1) is 15.7. The third-order valence-corrected chi connectivity index (χ3v) is 7.13. The first-order valence-electron chi connectivity index (χ1n) is 9.80. The zero-order valence-electron chi connectivity index (χ0n) is 17.7. The second-order valence-electron chi connectivity index (χ2n) is 7.18. The van der Waals surface area contributed by atoms with Crippen molar-refractivity contribution in [3.8, 4) is 16.9 Å². The molecule has 0 radical (unpaired) electrons. The topological polar surface area (TPSA) is 114 Å². The Morgan fingerprint density at radius 1 is 1.27 bits per heavy atom. The number of halogens is 2. The number of hydrogen-bond donors (Lipinski definition) is 2. The number of carbonyl (C=O) groups is 1. The molecule has 3 aromatic rings. The van der Waals surface area contributed by atoms with Crippen molar-refractivity contribution in [2.75, 3.05) is 27.3 Å². The van der Waals surface area contributed by atoms with Gasteiger partial charge >= 0.3 is 16.3 Å². The fourth-order valence-corrected chi connectivity index (χ4v) is 5.11. The Morgan fingerprint density at radius 3 is 2.73 bits per heavy atom. The van der Waals surface area contributed by atoms with Gasteiger partial charge in [-0.3, -0.25) is 0 Å². The van der Waals surface area contributed by atoms with Gasteiger partial charge in [-0.1, -0.05) is 17.7 Å². The van der Waals surface area contributed by atoms with Crippen LogP contribution in [0.5, 0.6) is 5.75 Å². The summed E-state index contributed by atoms with van der Waals surface area (Å²) in [7, 11) is -1.45. The van der Waals surface area contributed by atoms with Gasteiger partial charge in [0.2, 0.25) is 0 Å². The number of H-pyrrole nitrogens is 1. The minimum atomic E-state index is -4.03. The first-order valence-corrected chi connectivity index (χ1v) is 11.6. The fourth-order valence-electron chi connectivity index (χ4n) is 3.72. The van der Waals surface area contributed by atoms with E-state index in [0.29, 0.717) is 45.0 Å². The summed E-state index contributed by atoms with van der Waals surface area (Å²) >= 11 is 6.74. The molecule has 0 saturated carbocycles. The average molecular weight is 495 g/mol. The molecular weight excluding hydrogens is 475 g/mol. The summed E-state index contributed by atoms with van der Waals surface area (Å²) in [6, 6.07) is 5.95. The Kier molecular flexibility index (Phi) is 6.28. The second-order valence-corrected chi connectivity index (χ2v) is 9.23. The van der Waals surface area contributed by atoms with Crippen LogP contribution in [-0.2, 0) is 14.9 Å². The number of aromatic nitrogens is 2. The number of pyridine rings is 1. The lowest BCUT2D eigenvalue weighted by Crippen LogP contribution is -2.45. The van der Waals surface area contributed by atoms with Crippen molar-refractivity contribution in [2.24, 2.45) is 0 Å². The summed E-state index contributed by atoms with van der Waals surface area (Å²) in [5.41, 5.74) is 3.06. The largest absolute Gasteiger partial charge is 0.496 e. The maximum atomic E-state index is 14.0. The number of ether oxygens (including phenoxy) is 2. The SMILES string of the molecule is COC(=O)NS(=O)(=O)N1CC=C(c2[nH]c3nccc(-c4cc(F)ccc4OC)c3c2Cl)CC1. The molecule has 174 valence electrons. The summed E-state index contributed by atoms with van der Waals surface area (Å²) in [6.45, 7) is 0.160. The molecule has 1 aliphatic rings. The van der Waals surface area contributed by atoms with E-state index in [1.165, 1.54) is 19.2 Å². The molecule has 3 heterocycles. The minimum Gasteiger partial charge on any atom is -0.496 e. The molecule has 1 amide bonds. The van der Waals surface area contributed by atoms with Crippen molar-refractivity contribution in [1.29, 1.82) is 0 Å². The van der Waals surface area contributed by atoms with E-state index in [4.69, 9.17) is 16.3 Å². The highest BCUT2D eigenvalue weighted by molar-refractivity contribution is 7.87. The number of amides is 1. The van der Waals surface area contributed by atoms with Crippen molar-refractivity contribution in [2.45, 2.75) is 6.42 Å². The van der Waals surface area contributed by atoms with E-state index < -0.39 is 22.1 Å². The smallest absolute Gasteiger partial charge is 0.421 e. The Labute approximate surface area is 194 Å². The van der Waals surface area contributed by atoms with Gasteiger partial charge in [0.1, 0.15) is 17.2 Å². The highest BCUT2D eigenvalue weighted by Crippen LogP contribution is 2.41. The van der Waals surface area contributed by atoms with Crippen LogP contribution in [0.1, 0.15) is 12.1 Å². The molecule has 0 saturated heterocycles. The van der Waals surface area contributed by atoms with Crippen LogP contribution in [0.15, 0.2) is 36.5 Å². The molecule has 0 spiro atoms. The van der Waals surface area contributed by atoms with E-state index >= 15 is 0 Å². The third kappa shape index (κ3) is 4.39. The van der Waals surface area contributed by atoms with E-state index in [0.717, 1.165) is 17.0 Å². The standard InChI is InChI=1S/C21H20ClFN4O5S/c1-31-16-4-3-13(23)11-15(16)14-5-8-24-20-17(14)18(22)19(25-20)12-6-9-27(10-7-12)33(29,30)26-21(28)32-2/h3-6,8,11H,7,9-10H2,1-2H3,(H,24,25)(H,26,28). The summed E-state index contributed by atoms with van der Waals surface area (Å²) in [6.07, 6.45) is 2.57. The molecule has 2 N–H and O–H groups in total. The van der Waals surface area contributed by atoms with Crippen molar-refractivity contribution >= 4 is 44.5 Å². The number of rotatable bonds is 5. The van der Waals surface area contributed by atoms with E-state index in [9.17, 15) is 17.6 Å². The van der Waals surface area contributed by atoms with Crippen LogP contribution in [-0.4, -0.2) is 56.1 Å². The normalized spacial score (nSPS) is 14.7. The Bertz CT molecular complexity index is 1370. The van der Waals surface area contributed by atoms with Gasteiger partial charge in [0.15, 0.2) is 0 Å². The quantitative estimate of drug-likeness (QED) is 0.559. The predicted octanol–water partition coefficient (Wildman–Crippen LogP) is 3.72. The monoisotopic (exact) mass is 494 g/mol. The molecular formula is C21H20ClFN4O5S. The lowest BCUT2D eigenvalue weighted by molar-refractivity contribution is 0.177. The number of hydrogen-bond acceptors (Lipinski definition) is 6. The zero-order valence-corrected chi connectivity index (χ0v) is 19.3. The van der Waals surface area contributed by atoms with Crippen molar-refractivity contribution in [3.63, 3.8) is 0 Å². The first kappa shape index (κ1) is 23.0. The van der Waals surface area contributed by atoms with Crippen molar-refractivity contribution in [3.05, 3.63) is 53.1 Å². The molecule has 33 heavy (non-hydrogen) atoms. The number of methoxy groups -OCH3 is 2. The number of aromatic amines is 1. The highest BCUT2D eigenvalue weighted by Gasteiger charge is 2.28. The summed E-state index contributed by atoms with van der Waals surface area (Å²) < 4.78 is 51.3. The lowest BCUT2D eigenvalue weighted by atomic mass is 10.0. The van der Waals surface area contributed by atoms with Gasteiger partial charge in [-0.05, 0) is 41.8 Å².